The van der Waals surface area contributed by atoms with Crippen LogP contribution in [0.15, 0.2) is 42.7 Å². The summed E-state index contributed by atoms with van der Waals surface area (Å²) in [4.78, 5) is 63.6. The van der Waals surface area contributed by atoms with Gasteiger partial charge in [0.15, 0.2) is 0 Å². The average Bonchev–Trinajstić information content (AvgIpc) is 3.58. The minimum absolute atomic E-state index is 0.201. The molecule has 4 amide bonds. The number of methoxy groups -OCH3 is 1. The number of ether oxygens (including phenoxy) is 1. The van der Waals surface area contributed by atoms with Crippen molar-refractivity contribution < 1.29 is 23.9 Å². The zero-order valence-electron chi connectivity index (χ0n) is 26.8. The average molecular weight is 619 g/mol. The predicted molar refractivity (Wildman–Crippen MR) is 173 cm³/mol. The van der Waals surface area contributed by atoms with Gasteiger partial charge in [0.1, 0.15) is 23.9 Å². The van der Waals surface area contributed by atoms with Crippen molar-refractivity contribution in [2.45, 2.75) is 58.7 Å². The van der Waals surface area contributed by atoms with Gasteiger partial charge in [-0.25, -0.2) is 14.9 Å². The number of aromatic nitrogens is 2. The Hall–Kier alpha value is -4.62. The largest absolute Gasteiger partial charge is 0.494 e. The fourth-order valence-electron chi connectivity index (χ4n) is 5.07. The topological polar surface area (TPSA) is 167 Å². The molecule has 3 atom stereocenters. The molecule has 0 spiro atoms. The highest BCUT2D eigenvalue weighted by Gasteiger charge is 2.42. The molecule has 13 heteroatoms. The van der Waals surface area contributed by atoms with E-state index in [-0.39, 0.29) is 23.3 Å². The van der Waals surface area contributed by atoms with Crippen molar-refractivity contribution in [2.75, 3.05) is 38.0 Å². The van der Waals surface area contributed by atoms with E-state index < -0.39 is 35.4 Å². The van der Waals surface area contributed by atoms with Crippen molar-refractivity contribution in [2.24, 2.45) is 5.41 Å². The highest BCUT2D eigenvalue weighted by Crippen LogP contribution is 2.37. The maximum absolute atomic E-state index is 14.5. The van der Waals surface area contributed by atoms with E-state index in [0.29, 0.717) is 40.9 Å². The highest BCUT2D eigenvalue weighted by atomic mass is 16.5. The van der Waals surface area contributed by atoms with E-state index in [1.807, 2.05) is 20.8 Å². The number of fused-ring (bicyclic) bond motifs is 1. The third kappa shape index (κ3) is 7.37. The number of amides is 4. The Kier molecular flexibility index (Phi) is 10.3. The van der Waals surface area contributed by atoms with Crippen molar-refractivity contribution in [3.8, 4) is 5.75 Å². The van der Waals surface area contributed by atoms with Crippen molar-refractivity contribution in [1.29, 1.82) is 0 Å². The summed E-state index contributed by atoms with van der Waals surface area (Å²) in [6.07, 6.45) is 2.74. The number of rotatable bonds is 10. The first-order chi connectivity index (χ1) is 21.4. The second-order valence-electron chi connectivity index (χ2n) is 12.0. The lowest BCUT2D eigenvalue weighted by Gasteiger charge is -2.36. The maximum atomic E-state index is 14.5. The Balaban J connectivity index is 1.84. The van der Waals surface area contributed by atoms with Crippen LogP contribution in [0.2, 0.25) is 0 Å². The number of imide groups is 1. The van der Waals surface area contributed by atoms with Gasteiger partial charge in [-0.2, -0.15) is 0 Å². The Morgan fingerprint density at radius 3 is 2.36 bits per heavy atom. The molecule has 2 aromatic carbocycles. The number of benzene rings is 2. The minimum Gasteiger partial charge on any atom is -0.494 e. The van der Waals surface area contributed by atoms with Crippen molar-refractivity contribution in [1.82, 2.24) is 31.2 Å². The van der Waals surface area contributed by atoms with Gasteiger partial charge >= 0.3 is 0 Å². The zero-order chi connectivity index (χ0) is 32.9. The van der Waals surface area contributed by atoms with Gasteiger partial charge in [-0.05, 0) is 69.1 Å². The lowest BCUT2D eigenvalue weighted by Crippen LogP contribution is -2.60. The van der Waals surface area contributed by atoms with E-state index in [0.717, 1.165) is 11.3 Å². The molecule has 1 saturated heterocycles. The monoisotopic (exact) mass is 618 g/mol. The van der Waals surface area contributed by atoms with Crippen LogP contribution in [-0.2, 0) is 14.4 Å². The van der Waals surface area contributed by atoms with Crippen LogP contribution in [0.3, 0.4) is 0 Å². The number of likely N-dealkylation sites (N-methyl/N-ethyl adjacent to an activating group) is 1. The Morgan fingerprint density at radius 2 is 1.78 bits per heavy atom. The van der Waals surface area contributed by atoms with Crippen LogP contribution in [-0.4, -0.2) is 79.5 Å². The van der Waals surface area contributed by atoms with Gasteiger partial charge in [-0.3, -0.25) is 19.2 Å². The van der Waals surface area contributed by atoms with Gasteiger partial charge in [0.25, 0.3) is 17.7 Å². The van der Waals surface area contributed by atoms with E-state index in [1.165, 1.54) is 13.4 Å². The normalized spacial score (nSPS) is 16.0. The first-order valence-corrected chi connectivity index (χ1v) is 14.9. The minimum atomic E-state index is -1.05. The van der Waals surface area contributed by atoms with Crippen LogP contribution < -0.4 is 36.2 Å². The number of hydrogen-bond acceptors (Lipinski definition) is 10. The molecule has 3 aromatic rings. The third-order valence-electron chi connectivity index (χ3n) is 7.84. The molecule has 1 fully saturated rings. The van der Waals surface area contributed by atoms with E-state index >= 15 is 0 Å². The van der Waals surface area contributed by atoms with Crippen LogP contribution in [0.1, 0.15) is 50.9 Å². The maximum Gasteiger partial charge on any atom is 0.257 e. The Labute approximate surface area is 262 Å². The molecule has 0 saturated carbocycles. The molecule has 4 rings (SSSR count). The summed E-state index contributed by atoms with van der Waals surface area (Å²) in [5.74, 6) is -0.946. The summed E-state index contributed by atoms with van der Waals surface area (Å²) >= 11 is 0. The molecule has 45 heavy (non-hydrogen) atoms. The highest BCUT2D eigenvalue weighted by molar-refractivity contribution is 6.20. The predicted octanol–water partition coefficient (Wildman–Crippen LogP) is 2.49. The standard InChI is InChI=1S/C32H42N8O5/c1-18(33-5)28(41)39-26(32(2,3)4)31(44)40(30(43)22-9-8-14-35-22)24-15-21-23(16-25(24)45-7)36-17-37-27(21)38-20-12-10-19(11-13-20)29(42)34-6/h10-13,15-18,22,26,33,35H,8-9,14H2,1-7H3,(H,34,42)(H,39,41)(H,36,37,38)/t18-,22-,26+/m0/s1. The van der Waals surface area contributed by atoms with Crippen molar-refractivity contribution in [3.05, 3.63) is 48.3 Å². The fraction of sp³-hybridized carbons (Fsp3) is 0.438. The van der Waals surface area contributed by atoms with E-state index in [2.05, 4.69) is 36.6 Å². The SMILES string of the molecule is CNC(=O)c1ccc(Nc2ncnc3cc(OC)c(N(C(=O)[C@@H]4CCCN4)C(=O)[C@@H](NC(=O)[C@H](C)NC)C(C)(C)C)cc23)cc1. The molecule has 1 aromatic heterocycles. The number of nitrogens with zero attached hydrogens (tertiary/aromatic N) is 3. The quantitative estimate of drug-likeness (QED) is 0.228. The van der Waals surface area contributed by atoms with Gasteiger partial charge in [-0.15, -0.1) is 0 Å². The molecule has 1 aliphatic heterocycles. The van der Waals surface area contributed by atoms with Crippen LogP contribution in [0, 0.1) is 5.41 Å². The molecular formula is C32H42N8O5. The van der Waals surface area contributed by atoms with E-state index in [9.17, 15) is 19.2 Å². The van der Waals surface area contributed by atoms with Gasteiger partial charge in [0.2, 0.25) is 5.91 Å². The van der Waals surface area contributed by atoms with Gasteiger partial charge < -0.3 is 31.3 Å². The van der Waals surface area contributed by atoms with Crippen LogP contribution in [0.5, 0.6) is 5.75 Å². The summed E-state index contributed by atoms with van der Waals surface area (Å²) in [5.41, 5.74) is 1.13. The molecule has 2 heterocycles. The summed E-state index contributed by atoms with van der Waals surface area (Å²) in [6.45, 7) is 7.84. The number of nitrogens with one attached hydrogen (secondary N) is 5. The Bertz CT molecular complexity index is 1560. The van der Waals surface area contributed by atoms with Crippen molar-refractivity contribution in [3.63, 3.8) is 0 Å². The van der Waals surface area contributed by atoms with E-state index in [1.54, 1.807) is 57.4 Å². The van der Waals surface area contributed by atoms with E-state index in [4.69, 9.17) is 4.74 Å². The number of carbonyl (C=O) groups is 4. The molecule has 13 nitrogen and oxygen atoms in total. The summed E-state index contributed by atoms with van der Waals surface area (Å²) in [7, 11) is 4.68. The molecule has 240 valence electrons. The second-order valence-corrected chi connectivity index (χ2v) is 12.0. The Morgan fingerprint density at radius 1 is 1.07 bits per heavy atom. The van der Waals surface area contributed by atoms with Gasteiger partial charge in [-0.1, -0.05) is 20.8 Å². The van der Waals surface area contributed by atoms with Crippen LogP contribution in [0.4, 0.5) is 17.2 Å². The van der Waals surface area contributed by atoms with Gasteiger partial charge in [0, 0.05) is 29.8 Å². The lowest BCUT2D eigenvalue weighted by molar-refractivity contribution is -0.134. The first-order valence-electron chi connectivity index (χ1n) is 14.9. The third-order valence-corrected chi connectivity index (χ3v) is 7.84. The number of hydrogen-bond donors (Lipinski definition) is 5. The number of anilines is 3. The van der Waals surface area contributed by atoms with Crippen molar-refractivity contribution >= 4 is 51.7 Å². The molecule has 0 radical (unpaired) electrons. The molecular weight excluding hydrogens is 576 g/mol. The molecule has 1 aliphatic rings. The molecule has 5 N–H and O–H groups in total. The fourth-order valence-corrected chi connectivity index (χ4v) is 5.07. The number of carbonyl (C=O) groups excluding carboxylic acids is 4. The summed E-state index contributed by atoms with van der Waals surface area (Å²) in [6, 6.07) is 7.96. The lowest BCUT2D eigenvalue weighted by atomic mass is 9.85. The molecule has 0 unspecified atom stereocenters. The van der Waals surface area contributed by atoms with Crippen LogP contribution >= 0.6 is 0 Å². The summed E-state index contributed by atoms with van der Waals surface area (Å²) < 4.78 is 5.72. The zero-order valence-corrected chi connectivity index (χ0v) is 26.8. The summed E-state index contributed by atoms with van der Waals surface area (Å²) in [5, 5.41) is 15.3. The first kappa shape index (κ1) is 33.3. The smallest absolute Gasteiger partial charge is 0.257 e. The second kappa shape index (κ2) is 14.0. The van der Waals surface area contributed by atoms with Gasteiger partial charge in [0.05, 0.1) is 30.4 Å². The van der Waals surface area contributed by atoms with Crippen LogP contribution in [0.25, 0.3) is 10.9 Å². The molecule has 0 aliphatic carbocycles. The molecule has 0 bridgehead atoms.